The highest BCUT2D eigenvalue weighted by Crippen LogP contribution is 2.31. The summed E-state index contributed by atoms with van der Waals surface area (Å²) in [5.41, 5.74) is 1.84. The summed E-state index contributed by atoms with van der Waals surface area (Å²) in [6.07, 6.45) is -4.32. The molecule has 144 valence electrons. The van der Waals surface area contributed by atoms with Crippen molar-refractivity contribution in [3.8, 4) is 0 Å². The summed E-state index contributed by atoms with van der Waals surface area (Å²) >= 11 is 0. The molecule has 1 N–H and O–H groups in total. The fourth-order valence-corrected chi connectivity index (χ4v) is 3.24. The standard InChI is InChI=1S/C20H21F3N2O2/c21-20(22,23)17-2-1-3-18(13-17)25-10-8-24(9-11-25)14-16-6-4-15(5-7-16)12-19(26)27/h1-7,13H,8-12,14H2,(H,26,27). The molecule has 2 aromatic rings. The van der Waals surface area contributed by atoms with Crippen LogP contribution in [0.5, 0.6) is 0 Å². The number of nitrogens with zero attached hydrogens (tertiary/aromatic N) is 2. The number of halogens is 3. The van der Waals surface area contributed by atoms with Gasteiger partial charge >= 0.3 is 12.1 Å². The van der Waals surface area contributed by atoms with Crippen molar-refractivity contribution >= 4 is 11.7 Å². The monoisotopic (exact) mass is 378 g/mol. The average Bonchev–Trinajstić information content (AvgIpc) is 2.63. The van der Waals surface area contributed by atoms with E-state index in [0.717, 1.165) is 36.8 Å². The Kier molecular flexibility index (Phi) is 5.70. The SMILES string of the molecule is O=C(O)Cc1ccc(CN2CCN(c3cccc(C(F)(F)F)c3)CC2)cc1. The van der Waals surface area contributed by atoms with Gasteiger partial charge in [0.1, 0.15) is 0 Å². The molecular formula is C20H21F3N2O2. The van der Waals surface area contributed by atoms with Crippen LogP contribution in [0.25, 0.3) is 0 Å². The van der Waals surface area contributed by atoms with E-state index in [1.54, 1.807) is 6.07 Å². The van der Waals surface area contributed by atoms with E-state index < -0.39 is 17.7 Å². The van der Waals surface area contributed by atoms with Crippen molar-refractivity contribution in [2.45, 2.75) is 19.1 Å². The van der Waals surface area contributed by atoms with E-state index in [4.69, 9.17) is 5.11 Å². The molecule has 4 nitrogen and oxygen atoms in total. The molecule has 0 saturated carbocycles. The van der Waals surface area contributed by atoms with Crippen LogP contribution >= 0.6 is 0 Å². The second-order valence-electron chi connectivity index (χ2n) is 6.70. The first-order chi connectivity index (χ1) is 12.8. The summed E-state index contributed by atoms with van der Waals surface area (Å²) in [6, 6.07) is 13.0. The quantitative estimate of drug-likeness (QED) is 0.863. The zero-order valence-electron chi connectivity index (χ0n) is 14.7. The van der Waals surface area contributed by atoms with Gasteiger partial charge in [0.05, 0.1) is 12.0 Å². The van der Waals surface area contributed by atoms with E-state index >= 15 is 0 Å². The number of hydrogen-bond donors (Lipinski definition) is 1. The highest BCUT2D eigenvalue weighted by molar-refractivity contribution is 5.70. The fraction of sp³-hybridized carbons (Fsp3) is 0.350. The maximum atomic E-state index is 12.9. The number of anilines is 1. The van der Waals surface area contributed by atoms with Crippen LogP contribution in [0.15, 0.2) is 48.5 Å². The van der Waals surface area contributed by atoms with Gasteiger partial charge < -0.3 is 10.0 Å². The molecule has 0 spiro atoms. The Morgan fingerprint density at radius 2 is 1.59 bits per heavy atom. The summed E-state index contributed by atoms with van der Waals surface area (Å²) in [7, 11) is 0. The van der Waals surface area contributed by atoms with Gasteiger partial charge in [-0.2, -0.15) is 13.2 Å². The summed E-state index contributed by atoms with van der Waals surface area (Å²) in [6.45, 7) is 3.58. The first-order valence-electron chi connectivity index (χ1n) is 8.75. The summed E-state index contributed by atoms with van der Waals surface area (Å²) in [5.74, 6) is -0.853. The van der Waals surface area contributed by atoms with Gasteiger partial charge in [-0.15, -0.1) is 0 Å². The molecule has 2 aromatic carbocycles. The maximum absolute atomic E-state index is 12.9. The number of piperazine rings is 1. The van der Waals surface area contributed by atoms with Gasteiger partial charge in [-0.05, 0) is 29.3 Å². The van der Waals surface area contributed by atoms with E-state index in [1.807, 2.05) is 29.2 Å². The van der Waals surface area contributed by atoms with E-state index in [1.165, 1.54) is 12.1 Å². The highest BCUT2D eigenvalue weighted by Gasteiger charge is 2.31. The van der Waals surface area contributed by atoms with Gasteiger partial charge in [0.15, 0.2) is 0 Å². The minimum atomic E-state index is -4.33. The van der Waals surface area contributed by atoms with Crippen LogP contribution in [-0.4, -0.2) is 42.2 Å². The molecule has 1 saturated heterocycles. The second kappa shape index (κ2) is 8.00. The molecule has 0 aromatic heterocycles. The molecule has 0 amide bonds. The first kappa shape index (κ1) is 19.2. The van der Waals surface area contributed by atoms with Gasteiger partial charge in [0.2, 0.25) is 0 Å². The molecule has 0 aliphatic carbocycles. The van der Waals surface area contributed by atoms with E-state index in [-0.39, 0.29) is 6.42 Å². The van der Waals surface area contributed by atoms with Crippen LogP contribution in [0.2, 0.25) is 0 Å². The number of hydrogen-bond acceptors (Lipinski definition) is 3. The number of benzene rings is 2. The molecule has 1 aliphatic rings. The van der Waals surface area contributed by atoms with Crippen molar-refractivity contribution in [1.29, 1.82) is 0 Å². The molecule has 3 rings (SSSR count). The van der Waals surface area contributed by atoms with Crippen LogP contribution in [0, 0.1) is 0 Å². The van der Waals surface area contributed by atoms with Crippen LogP contribution in [0.1, 0.15) is 16.7 Å². The molecular weight excluding hydrogens is 357 g/mol. The fourth-order valence-electron chi connectivity index (χ4n) is 3.24. The van der Waals surface area contributed by atoms with Gasteiger partial charge in [0.25, 0.3) is 0 Å². The molecule has 1 heterocycles. The predicted octanol–water partition coefficient (Wildman–Crippen LogP) is 3.65. The van der Waals surface area contributed by atoms with Crippen molar-refractivity contribution in [1.82, 2.24) is 4.90 Å². The normalized spacial score (nSPS) is 15.7. The lowest BCUT2D eigenvalue weighted by atomic mass is 10.1. The molecule has 0 radical (unpaired) electrons. The minimum absolute atomic E-state index is 0.00986. The van der Waals surface area contributed by atoms with Crippen LogP contribution in [0.3, 0.4) is 0 Å². The second-order valence-corrected chi connectivity index (χ2v) is 6.70. The van der Waals surface area contributed by atoms with Crippen molar-refractivity contribution in [2.75, 3.05) is 31.1 Å². The average molecular weight is 378 g/mol. The summed E-state index contributed by atoms with van der Waals surface area (Å²) in [5, 5.41) is 8.80. The van der Waals surface area contributed by atoms with Crippen LogP contribution < -0.4 is 4.90 Å². The third kappa shape index (κ3) is 5.23. The number of carboxylic acids is 1. The van der Waals surface area contributed by atoms with Gasteiger partial charge in [-0.3, -0.25) is 9.69 Å². The van der Waals surface area contributed by atoms with E-state index in [2.05, 4.69) is 4.90 Å². The number of alkyl halides is 3. The lowest BCUT2D eigenvalue weighted by Crippen LogP contribution is -2.46. The molecule has 1 aliphatic heterocycles. The summed E-state index contributed by atoms with van der Waals surface area (Å²) in [4.78, 5) is 14.9. The molecule has 7 heteroatoms. The van der Waals surface area contributed by atoms with E-state index in [0.29, 0.717) is 18.8 Å². The lowest BCUT2D eigenvalue weighted by Gasteiger charge is -2.36. The van der Waals surface area contributed by atoms with Gasteiger partial charge in [0, 0.05) is 38.4 Å². The molecule has 0 unspecified atom stereocenters. The molecule has 1 fully saturated rings. The lowest BCUT2D eigenvalue weighted by molar-refractivity contribution is -0.138. The Morgan fingerprint density at radius 3 is 2.19 bits per heavy atom. The van der Waals surface area contributed by atoms with Crippen LogP contribution in [0.4, 0.5) is 18.9 Å². The van der Waals surface area contributed by atoms with Gasteiger partial charge in [-0.1, -0.05) is 30.3 Å². The molecule has 0 bridgehead atoms. The third-order valence-corrected chi connectivity index (χ3v) is 4.70. The first-order valence-corrected chi connectivity index (χ1v) is 8.75. The van der Waals surface area contributed by atoms with Crippen molar-refractivity contribution in [3.63, 3.8) is 0 Å². The smallest absolute Gasteiger partial charge is 0.416 e. The van der Waals surface area contributed by atoms with Crippen molar-refractivity contribution in [2.24, 2.45) is 0 Å². The Bertz CT molecular complexity index is 783. The number of carboxylic acid groups (broad SMARTS) is 1. The maximum Gasteiger partial charge on any atom is 0.416 e. The van der Waals surface area contributed by atoms with Crippen molar-refractivity contribution < 1.29 is 23.1 Å². The zero-order valence-corrected chi connectivity index (χ0v) is 14.7. The predicted molar refractivity (Wildman–Crippen MR) is 96.7 cm³/mol. The minimum Gasteiger partial charge on any atom is -0.481 e. The number of carbonyl (C=O) groups is 1. The number of aliphatic carboxylic acids is 1. The topological polar surface area (TPSA) is 43.8 Å². The van der Waals surface area contributed by atoms with Crippen LogP contribution in [-0.2, 0) is 23.9 Å². The third-order valence-electron chi connectivity index (χ3n) is 4.70. The Hall–Kier alpha value is -2.54. The zero-order chi connectivity index (χ0) is 19.4. The van der Waals surface area contributed by atoms with Crippen molar-refractivity contribution in [3.05, 3.63) is 65.2 Å². The van der Waals surface area contributed by atoms with Gasteiger partial charge in [-0.25, -0.2) is 0 Å². The largest absolute Gasteiger partial charge is 0.481 e. The Balaban J connectivity index is 1.55. The Labute approximate surface area is 155 Å². The molecule has 27 heavy (non-hydrogen) atoms. The molecule has 0 atom stereocenters. The number of rotatable bonds is 5. The Morgan fingerprint density at radius 1 is 0.963 bits per heavy atom. The summed E-state index contributed by atoms with van der Waals surface area (Å²) < 4.78 is 38.6. The van der Waals surface area contributed by atoms with E-state index in [9.17, 15) is 18.0 Å². The highest BCUT2D eigenvalue weighted by atomic mass is 19.4.